The van der Waals surface area contributed by atoms with Gasteiger partial charge >= 0.3 is 5.97 Å². The molecule has 1 heterocycles. The number of amides is 1. The van der Waals surface area contributed by atoms with Crippen molar-refractivity contribution >= 4 is 11.9 Å². The number of hydrogen-bond acceptors (Lipinski definition) is 3. The molecule has 94 valence electrons. The van der Waals surface area contributed by atoms with Crippen LogP contribution in [0, 0.1) is 5.92 Å². The minimum atomic E-state index is -1.03. The number of nitrogens with zero attached hydrogens (tertiary/aromatic N) is 1. The SMILES string of the molecule is O=C(O)[C@@H]1CC(O)CN1C(=O)C1CC=CCC1. The topological polar surface area (TPSA) is 77.8 Å². The largest absolute Gasteiger partial charge is 0.480 e. The quantitative estimate of drug-likeness (QED) is 0.683. The summed E-state index contributed by atoms with van der Waals surface area (Å²) in [6, 6.07) is -0.858. The molecule has 2 unspecified atom stereocenters. The molecule has 5 nitrogen and oxygen atoms in total. The Kier molecular flexibility index (Phi) is 3.47. The molecular weight excluding hydrogens is 222 g/mol. The molecule has 2 aliphatic rings. The van der Waals surface area contributed by atoms with E-state index in [1.165, 1.54) is 4.90 Å². The van der Waals surface area contributed by atoms with Gasteiger partial charge in [0.2, 0.25) is 5.91 Å². The Hall–Kier alpha value is -1.36. The Morgan fingerprint density at radius 2 is 2.06 bits per heavy atom. The zero-order valence-electron chi connectivity index (χ0n) is 9.58. The van der Waals surface area contributed by atoms with Gasteiger partial charge in [-0.25, -0.2) is 4.79 Å². The van der Waals surface area contributed by atoms with Gasteiger partial charge in [-0.3, -0.25) is 4.79 Å². The van der Waals surface area contributed by atoms with E-state index in [1.807, 2.05) is 12.2 Å². The van der Waals surface area contributed by atoms with Gasteiger partial charge in [0.05, 0.1) is 6.10 Å². The van der Waals surface area contributed by atoms with Gasteiger partial charge in [-0.15, -0.1) is 0 Å². The first kappa shape index (κ1) is 12.1. The molecule has 0 radical (unpaired) electrons. The molecule has 0 saturated carbocycles. The highest BCUT2D eigenvalue weighted by Crippen LogP contribution is 2.26. The Balaban J connectivity index is 2.07. The van der Waals surface area contributed by atoms with E-state index in [0.717, 1.165) is 12.8 Å². The third-order valence-electron chi connectivity index (χ3n) is 3.47. The van der Waals surface area contributed by atoms with Gasteiger partial charge in [-0.05, 0) is 19.3 Å². The number of likely N-dealkylation sites (tertiary alicyclic amines) is 1. The normalized spacial score (nSPS) is 32.8. The summed E-state index contributed by atoms with van der Waals surface area (Å²) in [6.07, 6.45) is 5.76. The van der Waals surface area contributed by atoms with Crippen molar-refractivity contribution in [2.45, 2.75) is 37.8 Å². The number of aliphatic carboxylic acids is 1. The lowest BCUT2D eigenvalue weighted by molar-refractivity contribution is -0.150. The molecule has 0 spiro atoms. The van der Waals surface area contributed by atoms with Crippen molar-refractivity contribution in [2.75, 3.05) is 6.54 Å². The van der Waals surface area contributed by atoms with E-state index in [1.54, 1.807) is 0 Å². The Morgan fingerprint density at radius 1 is 1.29 bits per heavy atom. The van der Waals surface area contributed by atoms with E-state index in [2.05, 4.69) is 0 Å². The maximum Gasteiger partial charge on any atom is 0.326 e. The van der Waals surface area contributed by atoms with Gasteiger partial charge in [0.25, 0.3) is 0 Å². The minimum absolute atomic E-state index is 0.118. The van der Waals surface area contributed by atoms with Crippen molar-refractivity contribution in [3.05, 3.63) is 12.2 Å². The first-order valence-corrected chi connectivity index (χ1v) is 5.96. The second kappa shape index (κ2) is 4.87. The maximum atomic E-state index is 12.2. The minimum Gasteiger partial charge on any atom is -0.480 e. The smallest absolute Gasteiger partial charge is 0.326 e. The van der Waals surface area contributed by atoms with E-state index in [9.17, 15) is 14.7 Å². The standard InChI is InChI=1S/C12H17NO4/c14-9-6-10(12(16)17)13(7-9)11(15)8-4-2-1-3-5-8/h1-2,8-10,14H,3-7H2,(H,16,17)/t8?,9?,10-/m0/s1. The predicted octanol–water partition coefficient (Wildman–Crippen LogP) is 0.389. The van der Waals surface area contributed by atoms with Gasteiger partial charge in [0, 0.05) is 18.9 Å². The van der Waals surface area contributed by atoms with Gasteiger partial charge in [0.15, 0.2) is 0 Å². The van der Waals surface area contributed by atoms with Gasteiger partial charge in [-0.1, -0.05) is 12.2 Å². The highest BCUT2D eigenvalue weighted by atomic mass is 16.4. The molecule has 1 fully saturated rings. The zero-order valence-corrected chi connectivity index (χ0v) is 9.58. The lowest BCUT2D eigenvalue weighted by Crippen LogP contribution is -2.43. The van der Waals surface area contributed by atoms with Gasteiger partial charge in [-0.2, -0.15) is 0 Å². The van der Waals surface area contributed by atoms with E-state index in [0.29, 0.717) is 6.42 Å². The number of carbonyl (C=O) groups is 2. The van der Waals surface area contributed by atoms with Crippen molar-refractivity contribution in [3.63, 3.8) is 0 Å². The highest BCUT2D eigenvalue weighted by molar-refractivity contribution is 5.86. The summed E-state index contributed by atoms with van der Waals surface area (Å²) in [4.78, 5) is 24.5. The van der Waals surface area contributed by atoms with E-state index in [-0.39, 0.29) is 24.8 Å². The fourth-order valence-electron chi connectivity index (χ4n) is 2.54. The third kappa shape index (κ3) is 2.49. The summed E-state index contributed by atoms with van der Waals surface area (Å²) in [5, 5.41) is 18.5. The van der Waals surface area contributed by atoms with Crippen LogP contribution >= 0.6 is 0 Å². The lowest BCUT2D eigenvalue weighted by atomic mass is 9.93. The molecule has 0 aromatic rings. The summed E-state index contributed by atoms with van der Waals surface area (Å²) in [7, 11) is 0. The third-order valence-corrected chi connectivity index (χ3v) is 3.47. The highest BCUT2D eigenvalue weighted by Gasteiger charge is 2.40. The van der Waals surface area contributed by atoms with E-state index in [4.69, 9.17) is 5.11 Å². The molecule has 2 rings (SSSR count). The van der Waals surface area contributed by atoms with Crippen molar-refractivity contribution in [1.29, 1.82) is 0 Å². The Morgan fingerprint density at radius 3 is 2.65 bits per heavy atom. The van der Waals surface area contributed by atoms with Crippen molar-refractivity contribution in [3.8, 4) is 0 Å². The van der Waals surface area contributed by atoms with Gasteiger partial charge in [0.1, 0.15) is 6.04 Å². The van der Waals surface area contributed by atoms with Crippen LogP contribution in [-0.4, -0.2) is 45.7 Å². The van der Waals surface area contributed by atoms with E-state index < -0.39 is 18.1 Å². The number of hydrogen-bond donors (Lipinski definition) is 2. The maximum absolute atomic E-state index is 12.2. The van der Waals surface area contributed by atoms with Crippen LogP contribution in [0.25, 0.3) is 0 Å². The average molecular weight is 239 g/mol. The van der Waals surface area contributed by atoms with Crippen LogP contribution in [0.3, 0.4) is 0 Å². The number of aliphatic hydroxyl groups is 1. The Bertz CT molecular complexity index is 352. The summed E-state index contributed by atoms with van der Waals surface area (Å²) in [5.41, 5.74) is 0. The molecule has 1 saturated heterocycles. The van der Waals surface area contributed by atoms with Crippen LogP contribution in [0.1, 0.15) is 25.7 Å². The second-order valence-electron chi connectivity index (χ2n) is 4.72. The molecule has 0 aromatic heterocycles. The van der Waals surface area contributed by atoms with Crippen LogP contribution < -0.4 is 0 Å². The molecule has 1 amide bonds. The summed E-state index contributed by atoms with van der Waals surface area (Å²) in [5.74, 6) is -1.27. The number of rotatable bonds is 2. The number of allylic oxidation sites excluding steroid dienone is 2. The van der Waals surface area contributed by atoms with Crippen molar-refractivity contribution in [2.24, 2.45) is 5.92 Å². The molecule has 2 N–H and O–H groups in total. The first-order chi connectivity index (χ1) is 8.09. The molecule has 1 aliphatic heterocycles. The number of β-amino-alcohol motifs (C(OH)–C–C–N with tert-alkyl or cyclic N) is 1. The fraction of sp³-hybridized carbons (Fsp3) is 0.667. The molecule has 1 aliphatic carbocycles. The Labute approximate surface area is 99.7 Å². The summed E-state index contributed by atoms with van der Waals surface area (Å²) >= 11 is 0. The predicted molar refractivity (Wildman–Crippen MR) is 60.2 cm³/mol. The monoisotopic (exact) mass is 239 g/mol. The number of carboxylic acids is 1. The molecule has 0 bridgehead atoms. The fourth-order valence-corrected chi connectivity index (χ4v) is 2.54. The van der Waals surface area contributed by atoms with Crippen LogP contribution in [0.4, 0.5) is 0 Å². The molecule has 17 heavy (non-hydrogen) atoms. The lowest BCUT2D eigenvalue weighted by Gasteiger charge is -2.27. The number of aliphatic hydroxyl groups excluding tert-OH is 1. The molecule has 5 heteroatoms. The van der Waals surface area contributed by atoms with Gasteiger partial charge < -0.3 is 15.1 Å². The van der Waals surface area contributed by atoms with Crippen LogP contribution in [0.2, 0.25) is 0 Å². The molecule has 3 atom stereocenters. The molecule has 0 aromatic carbocycles. The van der Waals surface area contributed by atoms with Crippen LogP contribution in [0.5, 0.6) is 0 Å². The van der Waals surface area contributed by atoms with Crippen LogP contribution in [0.15, 0.2) is 12.2 Å². The summed E-state index contributed by atoms with van der Waals surface area (Å²) in [6.45, 7) is 0.149. The first-order valence-electron chi connectivity index (χ1n) is 5.96. The van der Waals surface area contributed by atoms with E-state index >= 15 is 0 Å². The van der Waals surface area contributed by atoms with Crippen molar-refractivity contribution in [1.82, 2.24) is 4.90 Å². The second-order valence-corrected chi connectivity index (χ2v) is 4.72. The zero-order chi connectivity index (χ0) is 12.4. The summed E-state index contributed by atoms with van der Waals surface area (Å²) < 4.78 is 0. The average Bonchev–Trinajstić information content (AvgIpc) is 2.72. The van der Waals surface area contributed by atoms with Crippen molar-refractivity contribution < 1.29 is 19.8 Å². The number of carboxylic acid groups (broad SMARTS) is 1. The molecular formula is C12H17NO4. The van der Waals surface area contributed by atoms with Crippen LogP contribution in [-0.2, 0) is 9.59 Å². The number of carbonyl (C=O) groups excluding carboxylic acids is 1.